The number of aliphatic imine (C=N–C) groups is 1. The van der Waals surface area contributed by atoms with Crippen LogP contribution in [0.15, 0.2) is 17.3 Å². The first-order valence-corrected chi connectivity index (χ1v) is 5.54. The van der Waals surface area contributed by atoms with Gasteiger partial charge in [-0.3, -0.25) is 9.79 Å². The third kappa shape index (κ3) is 2.65. The molecule has 1 heterocycles. The van der Waals surface area contributed by atoms with E-state index in [1.54, 1.807) is 6.20 Å². The summed E-state index contributed by atoms with van der Waals surface area (Å²) < 4.78 is 0. The van der Waals surface area contributed by atoms with Gasteiger partial charge in [0.1, 0.15) is 5.71 Å². The molecule has 1 aliphatic carbocycles. The number of nitrogens with one attached hydrogen (secondary N) is 1. The molecule has 0 aromatic carbocycles. The molecule has 1 aliphatic heterocycles. The summed E-state index contributed by atoms with van der Waals surface area (Å²) in [5, 5.41) is 3.02. The maximum atomic E-state index is 11.7. The van der Waals surface area contributed by atoms with Crippen molar-refractivity contribution in [1.82, 2.24) is 5.32 Å². The Morgan fingerprint density at radius 2 is 2.13 bits per heavy atom. The molecule has 4 nitrogen and oxygen atoms in total. The van der Waals surface area contributed by atoms with Crippen LogP contribution in [0.1, 0.15) is 32.1 Å². The molecule has 0 aromatic heterocycles. The number of hydrogen-bond acceptors (Lipinski definition) is 3. The molecule has 0 aromatic rings. The van der Waals surface area contributed by atoms with E-state index in [0.717, 1.165) is 25.7 Å². The highest BCUT2D eigenvalue weighted by molar-refractivity contribution is 6.39. The molecule has 0 saturated heterocycles. The van der Waals surface area contributed by atoms with Crippen LogP contribution in [0.3, 0.4) is 0 Å². The highest BCUT2D eigenvalue weighted by atomic mass is 16.1. The minimum Gasteiger partial charge on any atom is -0.348 e. The number of hydrogen-bond donors (Lipinski definition) is 2. The monoisotopic (exact) mass is 207 g/mol. The fraction of sp³-hybridized carbons (Fsp3) is 0.636. The lowest BCUT2D eigenvalue weighted by Crippen LogP contribution is -2.42. The first-order chi connectivity index (χ1) is 7.25. The smallest absolute Gasteiger partial charge is 0.266 e. The second kappa shape index (κ2) is 4.57. The molecule has 0 bridgehead atoms. The van der Waals surface area contributed by atoms with Gasteiger partial charge in [-0.1, -0.05) is 6.08 Å². The van der Waals surface area contributed by atoms with Gasteiger partial charge in [0.2, 0.25) is 0 Å². The zero-order valence-electron chi connectivity index (χ0n) is 8.78. The molecule has 15 heavy (non-hydrogen) atoms. The van der Waals surface area contributed by atoms with Crippen LogP contribution in [0.2, 0.25) is 0 Å². The van der Waals surface area contributed by atoms with Crippen LogP contribution < -0.4 is 11.1 Å². The van der Waals surface area contributed by atoms with Gasteiger partial charge in [-0.05, 0) is 25.7 Å². The fourth-order valence-electron chi connectivity index (χ4n) is 2.04. The van der Waals surface area contributed by atoms with Crippen molar-refractivity contribution in [1.29, 1.82) is 0 Å². The van der Waals surface area contributed by atoms with E-state index in [1.165, 1.54) is 0 Å². The van der Waals surface area contributed by atoms with Gasteiger partial charge in [-0.25, -0.2) is 0 Å². The number of carbonyl (C=O) groups is 1. The van der Waals surface area contributed by atoms with E-state index in [1.807, 2.05) is 6.08 Å². The third-order valence-electron chi connectivity index (χ3n) is 3.02. The fourth-order valence-corrected chi connectivity index (χ4v) is 2.04. The van der Waals surface area contributed by atoms with Crippen LogP contribution in [-0.2, 0) is 4.79 Å². The molecule has 82 valence electrons. The number of carbonyl (C=O) groups excluding carboxylic acids is 1. The van der Waals surface area contributed by atoms with E-state index in [4.69, 9.17) is 5.73 Å². The van der Waals surface area contributed by atoms with Crippen LogP contribution in [-0.4, -0.2) is 23.7 Å². The molecule has 1 fully saturated rings. The molecule has 4 heteroatoms. The van der Waals surface area contributed by atoms with Crippen molar-refractivity contribution in [2.75, 3.05) is 0 Å². The topological polar surface area (TPSA) is 67.5 Å². The third-order valence-corrected chi connectivity index (χ3v) is 3.02. The number of nitrogens with zero attached hydrogens (tertiary/aromatic N) is 1. The highest BCUT2D eigenvalue weighted by Gasteiger charge is 2.21. The predicted molar refractivity (Wildman–Crippen MR) is 59.6 cm³/mol. The lowest BCUT2D eigenvalue weighted by Gasteiger charge is -2.26. The predicted octanol–water partition coefficient (Wildman–Crippen LogP) is 0.731. The minimum atomic E-state index is -0.0135. The first kappa shape index (κ1) is 10.4. The number of rotatable bonds is 2. The Morgan fingerprint density at radius 1 is 1.40 bits per heavy atom. The van der Waals surface area contributed by atoms with Crippen molar-refractivity contribution < 1.29 is 4.79 Å². The number of amides is 1. The Labute approximate surface area is 89.6 Å². The van der Waals surface area contributed by atoms with Crippen LogP contribution in [0, 0.1) is 0 Å². The zero-order valence-corrected chi connectivity index (χ0v) is 8.78. The average Bonchev–Trinajstić information content (AvgIpc) is 2.74. The highest BCUT2D eigenvalue weighted by Crippen LogP contribution is 2.17. The van der Waals surface area contributed by atoms with Crippen molar-refractivity contribution >= 4 is 11.6 Å². The summed E-state index contributed by atoms with van der Waals surface area (Å²) in [7, 11) is 0. The Balaban J connectivity index is 1.79. The summed E-state index contributed by atoms with van der Waals surface area (Å²) in [5.41, 5.74) is 6.43. The van der Waals surface area contributed by atoms with E-state index in [2.05, 4.69) is 10.3 Å². The zero-order chi connectivity index (χ0) is 10.7. The molecular weight excluding hydrogens is 190 g/mol. The summed E-state index contributed by atoms with van der Waals surface area (Å²) in [6.45, 7) is 0. The van der Waals surface area contributed by atoms with E-state index < -0.39 is 0 Å². The molecule has 1 amide bonds. The molecule has 2 rings (SSSR count). The standard InChI is InChI=1S/C11H17N3O/c12-8-3-5-9(6-4-8)14-11(15)10-2-1-7-13-10/h1,7-9H,2-6,12H2,(H,14,15). The molecule has 3 N–H and O–H groups in total. The largest absolute Gasteiger partial charge is 0.348 e. The van der Waals surface area contributed by atoms with Crippen LogP contribution >= 0.6 is 0 Å². The van der Waals surface area contributed by atoms with Gasteiger partial charge < -0.3 is 11.1 Å². The van der Waals surface area contributed by atoms with Crippen molar-refractivity contribution in [2.24, 2.45) is 10.7 Å². The van der Waals surface area contributed by atoms with Crippen LogP contribution in [0.5, 0.6) is 0 Å². The molecular formula is C11H17N3O. The van der Waals surface area contributed by atoms with Gasteiger partial charge in [-0.2, -0.15) is 0 Å². The quantitative estimate of drug-likeness (QED) is 0.701. The van der Waals surface area contributed by atoms with E-state index >= 15 is 0 Å². The second-order valence-electron chi connectivity index (χ2n) is 4.25. The normalized spacial score (nSPS) is 30.1. The Morgan fingerprint density at radius 3 is 2.73 bits per heavy atom. The Bertz CT molecular complexity index is 301. The lowest BCUT2D eigenvalue weighted by molar-refractivity contribution is -0.115. The van der Waals surface area contributed by atoms with Gasteiger partial charge in [0, 0.05) is 24.7 Å². The van der Waals surface area contributed by atoms with Crippen molar-refractivity contribution in [2.45, 2.75) is 44.2 Å². The summed E-state index contributed by atoms with van der Waals surface area (Å²) in [5.74, 6) is -0.0135. The van der Waals surface area contributed by atoms with Gasteiger partial charge in [0.15, 0.2) is 0 Å². The molecule has 1 saturated carbocycles. The van der Waals surface area contributed by atoms with E-state index in [0.29, 0.717) is 24.2 Å². The molecule has 0 atom stereocenters. The SMILES string of the molecule is NC1CCC(NC(=O)C2=NC=CC2)CC1. The maximum absolute atomic E-state index is 11.7. The number of nitrogens with two attached hydrogens (primary N) is 1. The average molecular weight is 207 g/mol. The summed E-state index contributed by atoms with van der Waals surface area (Å²) in [4.78, 5) is 15.7. The van der Waals surface area contributed by atoms with Crippen molar-refractivity contribution in [3.8, 4) is 0 Å². The van der Waals surface area contributed by atoms with Crippen LogP contribution in [0.4, 0.5) is 0 Å². The maximum Gasteiger partial charge on any atom is 0.266 e. The van der Waals surface area contributed by atoms with Crippen molar-refractivity contribution in [3.63, 3.8) is 0 Å². The molecule has 2 aliphatic rings. The van der Waals surface area contributed by atoms with E-state index in [9.17, 15) is 4.79 Å². The molecule has 0 unspecified atom stereocenters. The minimum absolute atomic E-state index is 0.0135. The lowest BCUT2D eigenvalue weighted by atomic mass is 9.92. The van der Waals surface area contributed by atoms with Gasteiger partial charge in [0.05, 0.1) is 0 Å². The van der Waals surface area contributed by atoms with E-state index in [-0.39, 0.29) is 5.91 Å². The van der Waals surface area contributed by atoms with Gasteiger partial charge in [-0.15, -0.1) is 0 Å². The summed E-state index contributed by atoms with van der Waals surface area (Å²) >= 11 is 0. The van der Waals surface area contributed by atoms with Gasteiger partial charge in [0.25, 0.3) is 5.91 Å². The van der Waals surface area contributed by atoms with Crippen molar-refractivity contribution in [3.05, 3.63) is 12.3 Å². The number of allylic oxidation sites excluding steroid dienone is 1. The summed E-state index contributed by atoms with van der Waals surface area (Å²) in [6.07, 6.45) is 8.25. The molecule has 0 radical (unpaired) electrons. The summed E-state index contributed by atoms with van der Waals surface area (Å²) in [6, 6.07) is 0.615. The Hall–Kier alpha value is -1.16. The Kier molecular flexibility index (Phi) is 3.16. The van der Waals surface area contributed by atoms with Crippen LogP contribution in [0.25, 0.3) is 0 Å². The first-order valence-electron chi connectivity index (χ1n) is 5.54. The van der Waals surface area contributed by atoms with Gasteiger partial charge >= 0.3 is 0 Å². The molecule has 0 spiro atoms. The second-order valence-corrected chi connectivity index (χ2v) is 4.25.